The maximum atomic E-state index is 4.12. The van der Waals surface area contributed by atoms with E-state index in [-0.39, 0.29) is 6.04 Å². The molecule has 86 valence electrons. The Bertz CT molecular complexity index is 421. The molecule has 0 radical (unpaired) electrons. The van der Waals surface area contributed by atoms with Crippen LogP contribution < -0.4 is 5.32 Å². The minimum atomic E-state index is 0.238. The third-order valence-electron chi connectivity index (χ3n) is 2.61. The highest BCUT2D eigenvalue weighted by molar-refractivity contribution is 7.11. The van der Waals surface area contributed by atoms with Gasteiger partial charge in [0.25, 0.3) is 0 Å². The van der Waals surface area contributed by atoms with Crippen LogP contribution in [0.25, 0.3) is 0 Å². The smallest absolute Gasteiger partial charge is 0.0997 e. The number of nitrogens with zero attached hydrogens (tertiary/aromatic N) is 2. The van der Waals surface area contributed by atoms with Crippen molar-refractivity contribution in [1.29, 1.82) is 0 Å². The number of H-pyrrole nitrogens is 1. The molecule has 0 spiro atoms. The molecule has 2 heterocycles. The highest BCUT2D eigenvalue weighted by Crippen LogP contribution is 2.22. The predicted octanol–water partition coefficient (Wildman–Crippen LogP) is 1.93. The van der Waals surface area contributed by atoms with Crippen molar-refractivity contribution in [1.82, 2.24) is 20.7 Å². The monoisotopic (exact) mass is 236 g/mol. The van der Waals surface area contributed by atoms with Crippen molar-refractivity contribution in [3.05, 3.63) is 33.8 Å². The van der Waals surface area contributed by atoms with Gasteiger partial charge in [0.05, 0.1) is 17.9 Å². The van der Waals surface area contributed by atoms with Crippen LogP contribution >= 0.6 is 11.3 Å². The maximum absolute atomic E-state index is 4.12. The van der Waals surface area contributed by atoms with Crippen LogP contribution in [0.15, 0.2) is 18.3 Å². The fourth-order valence-corrected chi connectivity index (χ4v) is 2.66. The van der Waals surface area contributed by atoms with E-state index in [9.17, 15) is 0 Å². The highest BCUT2D eigenvalue weighted by Gasteiger charge is 2.13. The highest BCUT2D eigenvalue weighted by atomic mass is 32.1. The van der Waals surface area contributed by atoms with E-state index in [1.165, 1.54) is 9.75 Å². The molecule has 2 aromatic rings. The first-order valence-electron chi connectivity index (χ1n) is 5.44. The Labute approximate surface area is 99.1 Å². The third-order valence-corrected chi connectivity index (χ3v) is 3.86. The molecule has 2 N–H and O–H groups in total. The molecule has 0 aromatic carbocycles. The molecule has 0 fully saturated rings. The molecule has 0 aliphatic carbocycles. The molecule has 5 heteroatoms. The van der Waals surface area contributed by atoms with Crippen molar-refractivity contribution in [2.24, 2.45) is 0 Å². The van der Waals surface area contributed by atoms with Crippen molar-refractivity contribution in [3.8, 4) is 0 Å². The predicted molar refractivity (Wildman–Crippen MR) is 65.6 cm³/mol. The standard InChI is InChI=1S/C11H16N4S/c1-3-8-4-5-9(16-8)6-10(12-2)11-7-13-15-14-11/h4-5,7,10,12H,3,6H2,1-2H3,(H,13,14,15). The lowest BCUT2D eigenvalue weighted by atomic mass is 10.1. The van der Waals surface area contributed by atoms with Gasteiger partial charge in [-0.3, -0.25) is 0 Å². The van der Waals surface area contributed by atoms with Gasteiger partial charge in [0.15, 0.2) is 0 Å². The Morgan fingerprint density at radius 3 is 2.81 bits per heavy atom. The van der Waals surface area contributed by atoms with E-state index in [1.54, 1.807) is 6.20 Å². The minimum Gasteiger partial charge on any atom is -0.311 e. The summed E-state index contributed by atoms with van der Waals surface area (Å²) in [6, 6.07) is 4.64. The van der Waals surface area contributed by atoms with Crippen LogP contribution in [0, 0.1) is 0 Å². The van der Waals surface area contributed by atoms with E-state index in [4.69, 9.17) is 0 Å². The molecular weight excluding hydrogens is 220 g/mol. The summed E-state index contributed by atoms with van der Waals surface area (Å²) in [6.45, 7) is 2.18. The van der Waals surface area contributed by atoms with Crippen LogP contribution in [-0.2, 0) is 12.8 Å². The second-order valence-electron chi connectivity index (χ2n) is 3.66. The summed E-state index contributed by atoms with van der Waals surface area (Å²) in [6.07, 6.45) is 3.85. The summed E-state index contributed by atoms with van der Waals surface area (Å²) < 4.78 is 0. The summed E-state index contributed by atoms with van der Waals surface area (Å²) in [5.41, 5.74) is 0.967. The van der Waals surface area contributed by atoms with E-state index in [0.717, 1.165) is 18.5 Å². The quantitative estimate of drug-likeness (QED) is 0.834. The van der Waals surface area contributed by atoms with Crippen LogP contribution in [-0.4, -0.2) is 22.5 Å². The lowest BCUT2D eigenvalue weighted by Crippen LogP contribution is -2.18. The second-order valence-corrected chi connectivity index (χ2v) is 4.91. The van der Waals surface area contributed by atoms with Gasteiger partial charge in [-0.1, -0.05) is 6.92 Å². The Hall–Kier alpha value is -1.20. The largest absolute Gasteiger partial charge is 0.311 e. The van der Waals surface area contributed by atoms with Gasteiger partial charge in [-0.15, -0.1) is 11.3 Å². The molecule has 16 heavy (non-hydrogen) atoms. The van der Waals surface area contributed by atoms with Gasteiger partial charge in [-0.25, -0.2) is 0 Å². The zero-order valence-electron chi connectivity index (χ0n) is 9.53. The van der Waals surface area contributed by atoms with Crippen molar-refractivity contribution >= 4 is 11.3 Å². The second kappa shape index (κ2) is 5.23. The SMILES string of the molecule is CCc1ccc(CC(NC)c2cn[nH]n2)s1. The normalized spacial score (nSPS) is 12.9. The fourth-order valence-electron chi connectivity index (χ4n) is 1.66. The Balaban J connectivity index is 2.07. The third kappa shape index (κ3) is 2.48. The number of likely N-dealkylation sites (N-methyl/N-ethyl adjacent to an activating group) is 1. The van der Waals surface area contributed by atoms with Crippen molar-refractivity contribution < 1.29 is 0 Å². The van der Waals surface area contributed by atoms with E-state index in [2.05, 4.69) is 39.8 Å². The number of rotatable bonds is 5. The molecule has 0 aliphatic heterocycles. The van der Waals surface area contributed by atoms with Crippen LogP contribution in [0.1, 0.15) is 28.4 Å². The minimum absolute atomic E-state index is 0.238. The van der Waals surface area contributed by atoms with Gasteiger partial charge in [-0.05, 0) is 25.6 Å². The number of thiophene rings is 1. The summed E-state index contributed by atoms with van der Waals surface area (Å²) >= 11 is 1.88. The molecule has 0 saturated heterocycles. The average molecular weight is 236 g/mol. The van der Waals surface area contributed by atoms with Gasteiger partial charge < -0.3 is 5.32 Å². The van der Waals surface area contributed by atoms with E-state index < -0.39 is 0 Å². The number of nitrogens with one attached hydrogen (secondary N) is 2. The molecule has 4 nitrogen and oxygen atoms in total. The Morgan fingerprint density at radius 2 is 2.25 bits per heavy atom. The fraction of sp³-hybridized carbons (Fsp3) is 0.455. The summed E-state index contributed by atoms with van der Waals surface area (Å²) in [5.74, 6) is 0. The van der Waals surface area contributed by atoms with Crippen LogP contribution in [0.3, 0.4) is 0 Å². The lowest BCUT2D eigenvalue weighted by molar-refractivity contribution is 0.578. The maximum Gasteiger partial charge on any atom is 0.0997 e. The number of aromatic nitrogens is 3. The number of hydrogen-bond donors (Lipinski definition) is 2. The number of hydrogen-bond acceptors (Lipinski definition) is 4. The topological polar surface area (TPSA) is 53.6 Å². The van der Waals surface area contributed by atoms with E-state index >= 15 is 0 Å². The molecule has 0 amide bonds. The van der Waals surface area contributed by atoms with Crippen LogP contribution in [0.5, 0.6) is 0 Å². The van der Waals surface area contributed by atoms with Crippen molar-refractivity contribution in [2.75, 3.05) is 7.05 Å². The summed E-state index contributed by atoms with van der Waals surface area (Å²) in [4.78, 5) is 2.82. The molecule has 0 bridgehead atoms. The van der Waals surface area contributed by atoms with Gasteiger partial charge >= 0.3 is 0 Å². The van der Waals surface area contributed by atoms with E-state index in [1.807, 2.05) is 18.4 Å². The first kappa shape index (κ1) is 11.3. The summed E-state index contributed by atoms with van der Waals surface area (Å²) in [5, 5.41) is 13.9. The molecule has 0 aliphatic rings. The molecule has 1 atom stereocenters. The van der Waals surface area contributed by atoms with Gasteiger partial charge in [0, 0.05) is 16.2 Å². The Morgan fingerprint density at radius 1 is 1.44 bits per heavy atom. The van der Waals surface area contributed by atoms with Crippen LogP contribution in [0.4, 0.5) is 0 Å². The molecule has 0 saturated carbocycles. The average Bonchev–Trinajstić information content (AvgIpc) is 2.96. The first-order chi connectivity index (χ1) is 7.83. The summed E-state index contributed by atoms with van der Waals surface area (Å²) in [7, 11) is 1.95. The van der Waals surface area contributed by atoms with Gasteiger partial charge in [0.2, 0.25) is 0 Å². The van der Waals surface area contributed by atoms with Crippen LogP contribution in [0.2, 0.25) is 0 Å². The number of aromatic amines is 1. The van der Waals surface area contributed by atoms with Crippen molar-refractivity contribution in [3.63, 3.8) is 0 Å². The Kier molecular flexibility index (Phi) is 3.69. The van der Waals surface area contributed by atoms with E-state index in [0.29, 0.717) is 0 Å². The zero-order chi connectivity index (χ0) is 11.4. The zero-order valence-corrected chi connectivity index (χ0v) is 10.3. The lowest BCUT2D eigenvalue weighted by Gasteiger charge is -2.11. The first-order valence-corrected chi connectivity index (χ1v) is 6.25. The molecular formula is C11H16N4S. The molecule has 2 aromatic heterocycles. The van der Waals surface area contributed by atoms with Crippen molar-refractivity contribution in [2.45, 2.75) is 25.8 Å². The van der Waals surface area contributed by atoms with Gasteiger partial charge in [0.1, 0.15) is 0 Å². The van der Waals surface area contributed by atoms with Gasteiger partial charge in [-0.2, -0.15) is 15.4 Å². The number of aryl methyl sites for hydroxylation is 1. The molecule has 2 rings (SSSR count). The molecule has 1 unspecified atom stereocenters.